The first-order valence-electron chi connectivity index (χ1n) is 10.9. The lowest BCUT2D eigenvalue weighted by Gasteiger charge is -2.32. The van der Waals surface area contributed by atoms with Crippen LogP contribution in [0.25, 0.3) is 16.4 Å². The fraction of sp³-hybridized carbons (Fsp3) is 0.375. The first-order chi connectivity index (χ1) is 15.1. The Bertz CT molecular complexity index is 1340. The minimum atomic E-state index is -0.0532. The molecule has 4 aromatic heterocycles. The maximum atomic E-state index is 12.9. The van der Waals surface area contributed by atoms with Crippen molar-refractivity contribution in [2.24, 2.45) is 5.41 Å². The highest BCUT2D eigenvalue weighted by molar-refractivity contribution is 9.10. The highest BCUT2D eigenvalue weighted by atomic mass is 79.9. The van der Waals surface area contributed by atoms with Gasteiger partial charge in [-0.15, -0.1) is 0 Å². The highest BCUT2D eigenvalue weighted by Gasteiger charge is 2.44. The Balaban J connectivity index is 1.22. The molecule has 0 radical (unpaired) electrons. The second kappa shape index (κ2) is 7.28. The standard InChI is InChI=1S/C24H24BrN5O/c25-21-12-26-11-20-19(21)3-8-29(23(20)31)15-18-16-30-14-17(1-2-22(30)27-18)13-28-9-6-24(4-5-24)7-10-28/h1-3,8,11-12,14,16H,4-7,9-10,13,15H2. The van der Waals surface area contributed by atoms with Crippen molar-refractivity contribution >= 4 is 32.3 Å². The van der Waals surface area contributed by atoms with Crippen LogP contribution in [-0.2, 0) is 13.1 Å². The summed E-state index contributed by atoms with van der Waals surface area (Å²) in [5.41, 5.74) is 3.75. The molecule has 158 valence electrons. The lowest BCUT2D eigenvalue weighted by molar-refractivity contribution is 0.166. The van der Waals surface area contributed by atoms with Crippen molar-refractivity contribution in [2.45, 2.75) is 38.8 Å². The summed E-state index contributed by atoms with van der Waals surface area (Å²) in [6, 6.07) is 6.20. The number of imidazole rings is 1. The van der Waals surface area contributed by atoms with Gasteiger partial charge in [-0.05, 0) is 77.8 Å². The number of pyridine rings is 3. The van der Waals surface area contributed by atoms with Gasteiger partial charge < -0.3 is 8.97 Å². The zero-order chi connectivity index (χ0) is 21.0. The molecule has 2 fully saturated rings. The first kappa shape index (κ1) is 19.2. The maximum absolute atomic E-state index is 12.9. The topological polar surface area (TPSA) is 55.4 Å². The number of likely N-dealkylation sites (tertiary alicyclic amines) is 1. The lowest BCUT2D eigenvalue weighted by atomic mass is 9.93. The number of rotatable bonds is 4. The first-order valence-corrected chi connectivity index (χ1v) is 11.7. The van der Waals surface area contributed by atoms with Crippen molar-refractivity contribution in [3.63, 3.8) is 0 Å². The van der Waals surface area contributed by atoms with E-state index in [0.29, 0.717) is 17.3 Å². The van der Waals surface area contributed by atoms with Crippen LogP contribution in [0.1, 0.15) is 36.9 Å². The molecule has 1 saturated carbocycles. The van der Waals surface area contributed by atoms with Crippen LogP contribution in [-0.4, -0.2) is 36.9 Å². The van der Waals surface area contributed by atoms with E-state index >= 15 is 0 Å². The van der Waals surface area contributed by atoms with Gasteiger partial charge in [-0.3, -0.25) is 14.7 Å². The SMILES string of the molecule is O=c1c2cncc(Br)c2ccn1Cc1cn2cc(CN3CCC4(CC3)CC4)ccc2n1. The fourth-order valence-electron chi connectivity index (χ4n) is 4.85. The van der Waals surface area contributed by atoms with Crippen molar-refractivity contribution in [3.8, 4) is 0 Å². The number of nitrogens with zero attached hydrogens (tertiary/aromatic N) is 5. The quantitative estimate of drug-likeness (QED) is 0.441. The third kappa shape index (κ3) is 3.59. The monoisotopic (exact) mass is 477 g/mol. The third-order valence-electron chi connectivity index (χ3n) is 7.03. The normalized spacial score (nSPS) is 18.2. The van der Waals surface area contributed by atoms with Crippen molar-refractivity contribution < 1.29 is 0 Å². The van der Waals surface area contributed by atoms with E-state index in [0.717, 1.165) is 27.7 Å². The smallest absolute Gasteiger partial charge is 0.260 e. The van der Waals surface area contributed by atoms with Gasteiger partial charge in [0, 0.05) is 47.4 Å². The van der Waals surface area contributed by atoms with Gasteiger partial charge in [0.1, 0.15) is 5.65 Å². The molecule has 5 heterocycles. The molecule has 7 heteroatoms. The summed E-state index contributed by atoms with van der Waals surface area (Å²) in [5, 5.41) is 1.48. The number of hydrogen-bond acceptors (Lipinski definition) is 4. The van der Waals surface area contributed by atoms with E-state index in [-0.39, 0.29) is 5.56 Å². The van der Waals surface area contributed by atoms with E-state index in [1.54, 1.807) is 17.0 Å². The molecular weight excluding hydrogens is 454 g/mol. The molecule has 4 aromatic rings. The summed E-state index contributed by atoms with van der Waals surface area (Å²) in [7, 11) is 0. The van der Waals surface area contributed by atoms with E-state index in [4.69, 9.17) is 4.98 Å². The van der Waals surface area contributed by atoms with Crippen LogP contribution >= 0.6 is 15.9 Å². The molecule has 0 N–H and O–H groups in total. The molecular formula is C24H24BrN5O. The fourth-order valence-corrected chi connectivity index (χ4v) is 5.32. The van der Waals surface area contributed by atoms with Gasteiger partial charge in [0.2, 0.25) is 0 Å². The number of halogens is 1. The summed E-state index contributed by atoms with van der Waals surface area (Å²) in [6.45, 7) is 3.85. The largest absolute Gasteiger partial charge is 0.309 e. The average Bonchev–Trinajstić information content (AvgIpc) is 3.41. The van der Waals surface area contributed by atoms with Crippen LogP contribution < -0.4 is 5.56 Å². The Labute approximate surface area is 188 Å². The van der Waals surface area contributed by atoms with Crippen LogP contribution in [0.15, 0.2) is 58.5 Å². The molecule has 31 heavy (non-hydrogen) atoms. The summed E-state index contributed by atoms with van der Waals surface area (Å²) in [5.74, 6) is 0. The van der Waals surface area contributed by atoms with E-state index < -0.39 is 0 Å². The van der Waals surface area contributed by atoms with Gasteiger partial charge in [0.25, 0.3) is 5.56 Å². The molecule has 0 atom stereocenters. The van der Waals surface area contributed by atoms with Crippen LogP contribution in [0.3, 0.4) is 0 Å². The number of fused-ring (bicyclic) bond motifs is 2. The Morgan fingerprint density at radius 3 is 2.61 bits per heavy atom. The molecule has 0 bridgehead atoms. The Hall–Kier alpha value is -2.51. The molecule has 2 aliphatic rings. The van der Waals surface area contributed by atoms with Crippen LogP contribution in [0.2, 0.25) is 0 Å². The van der Waals surface area contributed by atoms with Gasteiger partial charge in [0.15, 0.2) is 0 Å². The van der Waals surface area contributed by atoms with Crippen molar-refractivity contribution in [2.75, 3.05) is 13.1 Å². The molecule has 1 saturated heterocycles. The Morgan fingerprint density at radius 1 is 0.968 bits per heavy atom. The van der Waals surface area contributed by atoms with Gasteiger partial charge in [-0.25, -0.2) is 4.98 Å². The molecule has 0 amide bonds. The maximum Gasteiger partial charge on any atom is 0.260 e. The summed E-state index contributed by atoms with van der Waals surface area (Å²) in [6.07, 6.45) is 15.0. The minimum Gasteiger partial charge on any atom is -0.309 e. The predicted molar refractivity (Wildman–Crippen MR) is 124 cm³/mol. The second-order valence-corrected chi connectivity index (χ2v) is 10.00. The minimum absolute atomic E-state index is 0.0532. The van der Waals surface area contributed by atoms with Crippen molar-refractivity contribution in [3.05, 3.63) is 75.3 Å². The molecule has 6 rings (SSSR count). The van der Waals surface area contributed by atoms with Crippen LogP contribution in [0.4, 0.5) is 0 Å². The Kier molecular flexibility index (Phi) is 4.51. The highest BCUT2D eigenvalue weighted by Crippen LogP contribution is 2.53. The Morgan fingerprint density at radius 2 is 1.81 bits per heavy atom. The molecule has 6 nitrogen and oxygen atoms in total. The molecule has 0 aromatic carbocycles. The van der Waals surface area contributed by atoms with E-state index in [2.05, 4.69) is 48.5 Å². The van der Waals surface area contributed by atoms with Crippen molar-refractivity contribution in [1.29, 1.82) is 0 Å². The van der Waals surface area contributed by atoms with Crippen LogP contribution in [0, 0.1) is 5.41 Å². The summed E-state index contributed by atoms with van der Waals surface area (Å²) < 4.78 is 4.61. The number of piperidine rings is 1. The summed E-state index contributed by atoms with van der Waals surface area (Å²) in [4.78, 5) is 24.3. The number of hydrogen-bond donors (Lipinski definition) is 0. The van der Waals surface area contributed by atoms with Gasteiger partial charge in [0.05, 0.1) is 17.6 Å². The van der Waals surface area contributed by atoms with Gasteiger partial charge in [-0.1, -0.05) is 6.07 Å². The molecule has 1 aliphatic carbocycles. The summed E-state index contributed by atoms with van der Waals surface area (Å²) >= 11 is 3.47. The zero-order valence-corrected chi connectivity index (χ0v) is 18.9. The van der Waals surface area contributed by atoms with E-state index in [1.165, 1.54) is 44.3 Å². The zero-order valence-electron chi connectivity index (χ0n) is 17.3. The average molecular weight is 478 g/mol. The number of aromatic nitrogens is 4. The van der Waals surface area contributed by atoms with Crippen molar-refractivity contribution in [1.82, 2.24) is 23.8 Å². The van der Waals surface area contributed by atoms with Gasteiger partial charge in [-0.2, -0.15) is 0 Å². The lowest BCUT2D eigenvalue weighted by Crippen LogP contribution is -2.33. The molecule has 1 spiro atoms. The van der Waals surface area contributed by atoms with E-state index in [1.807, 2.05) is 18.5 Å². The third-order valence-corrected chi connectivity index (χ3v) is 7.66. The van der Waals surface area contributed by atoms with E-state index in [9.17, 15) is 4.79 Å². The molecule has 1 aliphatic heterocycles. The van der Waals surface area contributed by atoms with Gasteiger partial charge >= 0.3 is 0 Å². The predicted octanol–water partition coefficient (Wildman–Crippen LogP) is 4.23. The van der Waals surface area contributed by atoms with Crippen LogP contribution in [0.5, 0.6) is 0 Å². The second-order valence-electron chi connectivity index (χ2n) is 9.14. The molecule has 0 unspecified atom stereocenters.